The number of hydrogen-bond donors (Lipinski definition) is 24. The number of rotatable bonds is 26. The van der Waals surface area contributed by atoms with E-state index in [0.29, 0.717) is 22.9 Å². The molecular formula is C67H99N23O19S2. The lowest BCUT2D eigenvalue weighted by atomic mass is 9.98. The summed E-state index contributed by atoms with van der Waals surface area (Å²) in [4.78, 5) is 241. The molecule has 0 unspecified atom stereocenters. The van der Waals surface area contributed by atoms with E-state index in [-0.39, 0.29) is 43.6 Å². The zero-order valence-electron chi connectivity index (χ0n) is 61.9. The van der Waals surface area contributed by atoms with Crippen LogP contribution < -0.4 is 91.6 Å². The van der Waals surface area contributed by atoms with Crippen molar-refractivity contribution in [3.8, 4) is 0 Å². The van der Waals surface area contributed by atoms with E-state index in [1.807, 2.05) is 0 Å². The van der Waals surface area contributed by atoms with Gasteiger partial charge in [-0.15, -0.1) is 0 Å². The number of nitrogens with two attached hydrogens (primary N) is 3. The van der Waals surface area contributed by atoms with Crippen molar-refractivity contribution >= 4 is 133 Å². The lowest BCUT2D eigenvalue weighted by Gasteiger charge is -2.30. The van der Waals surface area contributed by atoms with Crippen LogP contribution in [-0.4, -0.2) is 250 Å². The first kappa shape index (κ1) is 90.2. The second-order valence-corrected chi connectivity index (χ2v) is 29.2. The number of carboxylic acid groups (broad SMARTS) is 1. The van der Waals surface area contributed by atoms with Crippen LogP contribution >= 0.6 is 21.6 Å². The summed E-state index contributed by atoms with van der Waals surface area (Å²) in [6, 6.07) is -14.1. The molecular weight excluding hydrogens is 1500 g/mol. The highest BCUT2D eigenvalue weighted by molar-refractivity contribution is 8.76. The number of fused-ring (bicyclic) bond motifs is 1. The lowest BCUT2D eigenvalue weighted by Crippen LogP contribution is -2.63. The van der Waals surface area contributed by atoms with Gasteiger partial charge in [0.25, 0.3) is 0 Å². The molecule has 0 bridgehead atoms. The molecule has 4 aromatic rings. The van der Waals surface area contributed by atoms with Gasteiger partial charge < -0.3 is 122 Å². The van der Waals surface area contributed by atoms with Crippen LogP contribution in [-0.2, 0) is 96.0 Å². The molecule has 1 aliphatic heterocycles. The van der Waals surface area contributed by atoms with Crippen LogP contribution in [0.2, 0.25) is 0 Å². The number of aromatic amines is 3. The zero-order chi connectivity index (χ0) is 82.3. The number of nitrogens with zero attached hydrogens (tertiary/aromatic N) is 2. The average Bonchev–Trinajstić information content (AvgIpc) is 1.72. The molecule has 111 heavy (non-hydrogen) atoms. The fourth-order valence-electron chi connectivity index (χ4n) is 11.2. The van der Waals surface area contributed by atoms with Gasteiger partial charge in [0.1, 0.15) is 72.5 Å². The molecule has 3 aromatic heterocycles. The maximum atomic E-state index is 14.9. The summed E-state index contributed by atoms with van der Waals surface area (Å²) in [5.74, 6) is -20.9. The van der Waals surface area contributed by atoms with Crippen molar-refractivity contribution in [3.05, 3.63) is 72.5 Å². The van der Waals surface area contributed by atoms with Gasteiger partial charge in [-0.1, -0.05) is 73.9 Å². The number of benzene rings is 1. The number of aliphatic carboxylic acids is 1. The largest absolute Gasteiger partial charge is 0.481 e. The zero-order valence-corrected chi connectivity index (χ0v) is 63.6. The van der Waals surface area contributed by atoms with Gasteiger partial charge in [-0.3, -0.25) is 82.1 Å². The molecule has 1 saturated heterocycles. The highest BCUT2D eigenvalue weighted by Gasteiger charge is 2.40. The van der Waals surface area contributed by atoms with E-state index < -0.39 is 241 Å². The van der Waals surface area contributed by atoms with Gasteiger partial charge in [-0.2, -0.15) is 0 Å². The molecule has 15 amide bonds. The van der Waals surface area contributed by atoms with E-state index in [1.165, 1.54) is 45.1 Å². The Morgan fingerprint density at radius 1 is 0.622 bits per heavy atom. The second-order valence-electron chi connectivity index (χ2n) is 26.7. The van der Waals surface area contributed by atoms with Gasteiger partial charge >= 0.3 is 5.97 Å². The normalized spacial score (nSPS) is 23.1. The van der Waals surface area contributed by atoms with Gasteiger partial charge in [0.15, 0.2) is 5.96 Å². The molecule has 0 spiro atoms. The number of para-hydroxylation sites is 1. The van der Waals surface area contributed by atoms with E-state index in [9.17, 15) is 92.0 Å². The summed E-state index contributed by atoms with van der Waals surface area (Å²) in [7, 11) is 1.58. The van der Waals surface area contributed by atoms with Crippen molar-refractivity contribution in [2.24, 2.45) is 29.0 Å². The van der Waals surface area contributed by atoms with Gasteiger partial charge in [0, 0.05) is 80.2 Å². The number of amides is 15. The van der Waals surface area contributed by atoms with E-state index in [2.05, 4.69) is 99.4 Å². The van der Waals surface area contributed by atoms with E-state index in [0.717, 1.165) is 42.4 Å². The van der Waals surface area contributed by atoms with Crippen molar-refractivity contribution in [3.63, 3.8) is 0 Å². The maximum absolute atomic E-state index is 14.9. The number of nitrogens with one attached hydrogen (secondary N) is 18. The first-order valence-electron chi connectivity index (χ1n) is 35.3. The molecule has 0 saturated carbocycles. The van der Waals surface area contributed by atoms with Crippen molar-refractivity contribution in [1.29, 1.82) is 5.41 Å². The first-order valence-corrected chi connectivity index (χ1v) is 37.8. The summed E-state index contributed by atoms with van der Waals surface area (Å²) in [6.45, 7) is 8.64. The van der Waals surface area contributed by atoms with Crippen LogP contribution in [0.5, 0.6) is 0 Å². The minimum Gasteiger partial charge on any atom is -0.481 e. The Morgan fingerprint density at radius 2 is 1.16 bits per heavy atom. The van der Waals surface area contributed by atoms with Crippen molar-refractivity contribution in [1.82, 2.24) is 99.4 Å². The van der Waals surface area contributed by atoms with Crippen LogP contribution in [0.1, 0.15) is 104 Å². The van der Waals surface area contributed by atoms with Crippen LogP contribution in [0, 0.1) is 17.2 Å². The summed E-state index contributed by atoms with van der Waals surface area (Å²) in [5, 5.41) is 74.6. The summed E-state index contributed by atoms with van der Waals surface area (Å²) < 4.78 is 0. The second kappa shape index (κ2) is 44.3. The number of carboxylic acids is 1. The third-order valence-electron chi connectivity index (χ3n) is 17.4. The molecule has 1 aromatic carbocycles. The number of guanidine groups is 1. The highest BCUT2D eigenvalue weighted by atomic mass is 33.1. The Kier molecular flexibility index (Phi) is 36.0. The quantitative estimate of drug-likeness (QED) is 0.0120. The molecule has 44 heteroatoms. The van der Waals surface area contributed by atoms with Gasteiger partial charge in [-0.25, -0.2) is 9.97 Å². The predicted octanol–water partition coefficient (Wildman–Crippen LogP) is -7.06. The molecule has 5 rings (SSSR count). The number of aromatic nitrogens is 5. The number of aliphatic hydroxyl groups is 2. The smallest absolute Gasteiger partial charge is 0.305 e. The number of H-pyrrole nitrogens is 3. The molecule has 27 N–H and O–H groups in total. The van der Waals surface area contributed by atoms with Crippen molar-refractivity contribution < 1.29 is 92.0 Å². The number of aliphatic hydroxyl groups excluding tert-OH is 2. The van der Waals surface area contributed by atoms with Crippen LogP contribution in [0.25, 0.3) is 10.9 Å². The third-order valence-corrected chi connectivity index (χ3v) is 19.8. The van der Waals surface area contributed by atoms with E-state index in [4.69, 9.17) is 22.6 Å². The van der Waals surface area contributed by atoms with Gasteiger partial charge in [0.05, 0.1) is 49.2 Å². The van der Waals surface area contributed by atoms with Crippen molar-refractivity contribution in [2.75, 3.05) is 24.6 Å². The fourth-order valence-corrected chi connectivity index (χ4v) is 13.5. The van der Waals surface area contributed by atoms with E-state index in [1.54, 1.807) is 38.1 Å². The molecule has 4 heterocycles. The monoisotopic (exact) mass is 1590 g/mol. The minimum absolute atomic E-state index is 0.0274. The molecule has 0 aliphatic carbocycles. The molecule has 42 nitrogen and oxygen atoms in total. The molecule has 608 valence electrons. The Morgan fingerprint density at radius 3 is 1.72 bits per heavy atom. The van der Waals surface area contributed by atoms with Crippen molar-refractivity contribution in [2.45, 2.75) is 191 Å². The van der Waals surface area contributed by atoms with Gasteiger partial charge in [-0.05, 0) is 56.6 Å². The Balaban J connectivity index is 1.67. The topological polar surface area (TPSA) is 677 Å². The minimum atomic E-state index is -2.10. The maximum Gasteiger partial charge on any atom is 0.305 e. The standard InChI is InChI=1S/C67H99N23O19S2/c1-8-31(4)52(79-34(7)93)65(108)87-47-27-111-110-26-46(63(106)89-53(32(5)91)55(69)98)86-57(100)40(14-11-17-74-67(70)71)81-60(103)44(20-37-24-73-29-78-37)84-59(102)43(19-36-23-72-28-77-36)80-49(95)25-76-56(99)42(18-35-22-75-39-13-10-9-12-38(35)39)83-61(104)45(21-50(96)97)85-58(101)41(15-16-48(68)94)82-66(109)54(33(6)92)90-64(107)51(30(2)3)88-62(47)105/h9-10,12-13,22-24,28-33,40-47,51-54,75,91-92H,8,11,14-21,25-27H2,1-7H3,(H2,68,94)(H2,69,98)(H,72,77)(H,73,78)(H,76,99)(H,79,93)(H,80,95)(H,81,103)(H,82,109)(H,83,104)(H,84,102)(H,85,101)(H,86,100)(H,87,108)(H,88,105)(H,89,106)(H,90,107)(H,96,97)(H4,70,71,74)/t31-,32+,33+,40-,41-,42-,43-,44-,45-,46-,47-,51-,52-,53-,54-/m0/s1. The molecule has 0 radical (unpaired) electrons. The van der Waals surface area contributed by atoms with Crippen LogP contribution in [0.4, 0.5) is 0 Å². The van der Waals surface area contributed by atoms with Crippen LogP contribution in [0.15, 0.2) is 55.5 Å². The molecule has 15 atom stereocenters. The Bertz CT molecular complexity index is 3940. The SMILES string of the molecule is CC[C@H](C)[C@H](NC(C)=O)C(=O)N[C@H]1CSSC[C@@H](C(=O)N[C@H](C(N)=O)[C@@H](C)O)NC(=O)[C@H](CCCNC(=N)N)NC(=O)[C@H](Cc2c[nH]cn2)NC(=O)[C@H](Cc2c[nH]cn2)NC(=O)CNC(=O)[C@H](Cc2c[nH]c3ccccc23)NC(=O)[C@H](CC(=O)O)NC(=O)[C@H](CCC(N)=O)NC(=O)[C@H]([C@@H](C)O)NC(=O)[C@H](C(C)C)NC1=O. The number of primary amides is 2. The fraction of sp³-hybridized carbons (Fsp3) is 0.537. The number of carbonyl (C=O) groups excluding carboxylic acids is 15. The Hall–Kier alpha value is -11.4. The summed E-state index contributed by atoms with van der Waals surface area (Å²) in [6.07, 6.45) is -0.271. The first-order chi connectivity index (χ1) is 52.5. The number of hydrogen-bond acceptors (Lipinski definition) is 23. The van der Waals surface area contributed by atoms with Crippen LogP contribution in [0.3, 0.4) is 0 Å². The summed E-state index contributed by atoms with van der Waals surface area (Å²) >= 11 is 0. The van der Waals surface area contributed by atoms with E-state index >= 15 is 0 Å². The predicted molar refractivity (Wildman–Crippen MR) is 400 cm³/mol. The molecule has 1 fully saturated rings. The molecule has 1 aliphatic rings. The average molecular weight is 1590 g/mol. The number of imidazole rings is 2. The lowest BCUT2D eigenvalue weighted by molar-refractivity contribution is -0.141. The summed E-state index contributed by atoms with van der Waals surface area (Å²) in [5.41, 5.74) is 17.9. The number of carbonyl (C=O) groups is 16. The Labute approximate surface area is 644 Å². The van der Waals surface area contributed by atoms with Gasteiger partial charge in [0.2, 0.25) is 88.6 Å². The third kappa shape index (κ3) is 29.5. The highest BCUT2D eigenvalue weighted by Crippen LogP contribution is 2.25.